The van der Waals surface area contributed by atoms with Crippen molar-refractivity contribution in [3.63, 3.8) is 0 Å². The molecule has 0 aromatic heterocycles. The standard InChI is InChI=1S/C29H34BrNO5S2/c1-6-11-35-26(32)9-8-10-31-28(33)25(38-29(31)37)16-21-14-23(30)27(24(15-21)34-7-2)36-17-22-13-19(4)18(3)12-20(22)5/h12-16H,6-11,17H2,1-5H3/b25-16+. The molecule has 0 radical (unpaired) electrons. The van der Waals surface area contributed by atoms with Crippen LogP contribution in [0.2, 0.25) is 0 Å². The van der Waals surface area contributed by atoms with Gasteiger partial charge in [-0.15, -0.1) is 0 Å². The van der Waals surface area contributed by atoms with Gasteiger partial charge in [0.15, 0.2) is 11.5 Å². The van der Waals surface area contributed by atoms with Gasteiger partial charge in [0, 0.05) is 13.0 Å². The molecular formula is C29H34BrNO5S2. The van der Waals surface area contributed by atoms with Crippen LogP contribution in [-0.2, 0) is 20.9 Å². The molecule has 1 heterocycles. The highest BCUT2D eigenvalue weighted by molar-refractivity contribution is 9.10. The van der Waals surface area contributed by atoms with Crippen LogP contribution < -0.4 is 9.47 Å². The first-order valence-electron chi connectivity index (χ1n) is 12.7. The van der Waals surface area contributed by atoms with E-state index in [1.807, 2.05) is 26.0 Å². The van der Waals surface area contributed by atoms with Gasteiger partial charge in [0.25, 0.3) is 5.91 Å². The van der Waals surface area contributed by atoms with Crippen molar-refractivity contribution in [3.8, 4) is 11.5 Å². The third-order valence-corrected chi connectivity index (χ3v) is 8.02. The summed E-state index contributed by atoms with van der Waals surface area (Å²) in [5.41, 5.74) is 5.57. The van der Waals surface area contributed by atoms with Crippen LogP contribution in [0.3, 0.4) is 0 Å². The molecule has 2 aromatic rings. The lowest BCUT2D eigenvalue weighted by molar-refractivity contribution is -0.144. The van der Waals surface area contributed by atoms with Gasteiger partial charge in [-0.05, 0) is 102 Å². The number of carbonyl (C=O) groups is 2. The molecule has 1 fully saturated rings. The van der Waals surface area contributed by atoms with Gasteiger partial charge in [0.2, 0.25) is 0 Å². The van der Waals surface area contributed by atoms with E-state index in [9.17, 15) is 9.59 Å². The van der Waals surface area contributed by atoms with Gasteiger partial charge in [-0.3, -0.25) is 14.5 Å². The first-order valence-corrected chi connectivity index (χ1v) is 14.7. The Balaban J connectivity index is 1.74. The third kappa shape index (κ3) is 7.83. The van der Waals surface area contributed by atoms with Gasteiger partial charge in [0.05, 0.1) is 22.6 Å². The second kappa shape index (κ2) is 14.1. The minimum absolute atomic E-state index is 0.165. The molecule has 0 unspecified atom stereocenters. The van der Waals surface area contributed by atoms with E-state index >= 15 is 0 Å². The van der Waals surface area contributed by atoms with Crippen LogP contribution in [-0.4, -0.2) is 40.9 Å². The van der Waals surface area contributed by atoms with Crippen LogP contribution in [0.1, 0.15) is 60.9 Å². The summed E-state index contributed by atoms with van der Waals surface area (Å²) in [5.74, 6) is 0.789. The van der Waals surface area contributed by atoms with Crippen LogP contribution in [0.15, 0.2) is 33.6 Å². The molecule has 1 amide bonds. The molecule has 0 aliphatic carbocycles. The molecule has 0 spiro atoms. The van der Waals surface area contributed by atoms with Gasteiger partial charge in [-0.25, -0.2) is 0 Å². The Hall–Kier alpha value is -2.36. The molecule has 38 heavy (non-hydrogen) atoms. The molecule has 0 N–H and O–H groups in total. The highest BCUT2D eigenvalue weighted by Gasteiger charge is 2.32. The molecule has 0 bridgehead atoms. The maximum atomic E-state index is 13.0. The fourth-order valence-electron chi connectivity index (χ4n) is 3.91. The Labute approximate surface area is 243 Å². The molecule has 6 nitrogen and oxygen atoms in total. The highest BCUT2D eigenvalue weighted by Crippen LogP contribution is 2.40. The normalized spacial score (nSPS) is 14.4. The van der Waals surface area contributed by atoms with Gasteiger partial charge >= 0.3 is 5.97 Å². The Morgan fingerprint density at radius 1 is 1.08 bits per heavy atom. The number of hydrogen-bond acceptors (Lipinski definition) is 7. The first-order chi connectivity index (χ1) is 18.1. The molecule has 3 rings (SSSR count). The number of amides is 1. The number of ether oxygens (including phenoxy) is 3. The molecule has 1 aliphatic rings. The van der Waals surface area contributed by atoms with Gasteiger partial charge in [-0.2, -0.15) is 0 Å². The number of thiocarbonyl (C=S) groups is 1. The largest absolute Gasteiger partial charge is 0.490 e. The van der Waals surface area contributed by atoms with E-state index in [1.165, 1.54) is 28.5 Å². The number of benzene rings is 2. The summed E-state index contributed by atoms with van der Waals surface area (Å²) in [6.07, 6.45) is 3.34. The van der Waals surface area contributed by atoms with Crippen LogP contribution >= 0.6 is 39.9 Å². The number of esters is 1. The molecule has 2 aromatic carbocycles. The first kappa shape index (κ1) is 30.2. The van der Waals surface area contributed by atoms with Gasteiger partial charge in [0.1, 0.15) is 10.9 Å². The molecule has 1 aliphatic heterocycles. The summed E-state index contributed by atoms with van der Waals surface area (Å²) in [7, 11) is 0. The van der Waals surface area contributed by atoms with Crippen molar-refractivity contribution in [1.29, 1.82) is 0 Å². The van der Waals surface area contributed by atoms with Crippen molar-refractivity contribution in [2.24, 2.45) is 0 Å². The van der Waals surface area contributed by atoms with E-state index < -0.39 is 0 Å². The van der Waals surface area contributed by atoms with Crippen molar-refractivity contribution in [1.82, 2.24) is 4.90 Å². The molecule has 204 valence electrons. The zero-order chi connectivity index (χ0) is 27.8. The predicted octanol–water partition coefficient (Wildman–Crippen LogP) is 7.29. The summed E-state index contributed by atoms with van der Waals surface area (Å²) in [6, 6.07) is 8.10. The fraction of sp³-hybridized carbons (Fsp3) is 0.414. The summed E-state index contributed by atoms with van der Waals surface area (Å²) < 4.78 is 18.4. The quantitative estimate of drug-likeness (QED) is 0.140. The lowest BCUT2D eigenvalue weighted by atomic mass is 10.0. The second-order valence-electron chi connectivity index (χ2n) is 9.07. The van der Waals surface area contributed by atoms with E-state index in [2.05, 4.69) is 48.8 Å². The van der Waals surface area contributed by atoms with Crippen LogP contribution in [0.4, 0.5) is 0 Å². The van der Waals surface area contributed by atoms with Crippen LogP contribution in [0.25, 0.3) is 6.08 Å². The summed E-state index contributed by atoms with van der Waals surface area (Å²) >= 11 is 10.3. The molecular weight excluding hydrogens is 586 g/mol. The Bertz CT molecular complexity index is 1240. The molecule has 9 heteroatoms. The van der Waals surface area contributed by atoms with Gasteiger partial charge < -0.3 is 14.2 Å². The molecule has 0 atom stereocenters. The van der Waals surface area contributed by atoms with E-state index in [0.717, 1.165) is 22.0 Å². The second-order valence-corrected chi connectivity index (χ2v) is 11.6. The minimum Gasteiger partial charge on any atom is -0.490 e. The number of carbonyl (C=O) groups excluding carboxylic acids is 2. The number of aryl methyl sites for hydroxylation is 3. The maximum absolute atomic E-state index is 13.0. The zero-order valence-electron chi connectivity index (χ0n) is 22.5. The number of halogens is 1. The average Bonchev–Trinajstić information content (AvgIpc) is 3.12. The van der Waals surface area contributed by atoms with Crippen molar-refractivity contribution < 1.29 is 23.8 Å². The van der Waals surface area contributed by atoms with Crippen LogP contribution in [0, 0.1) is 20.8 Å². The number of nitrogens with zero attached hydrogens (tertiary/aromatic N) is 1. The van der Waals surface area contributed by atoms with Crippen molar-refractivity contribution in [3.05, 3.63) is 61.5 Å². The van der Waals surface area contributed by atoms with E-state index in [-0.39, 0.29) is 18.3 Å². The average molecular weight is 621 g/mol. The predicted molar refractivity (Wildman–Crippen MR) is 161 cm³/mol. The summed E-state index contributed by atoms with van der Waals surface area (Å²) in [4.78, 5) is 26.9. The lowest BCUT2D eigenvalue weighted by Crippen LogP contribution is -2.29. The Morgan fingerprint density at radius 2 is 1.82 bits per heavy atom. The number of thioether (sulfide) groups is 1. The van der Waals surface area contributed by atoms with E-state index in [0.29, 0.717) is 53.5 Å². The monoisotopic (exact) mass is 619 g/mol. The molecule has 0 saturated carbocycles. The van der Waals surface area contributed by atoms with E-state index in [4.69, 9.17) is 26.4 Å². The highest BCUT2D eigenvalue weighted by atomic mass is 79.9. The SMILES string of the molecule is CCCOC(=O)CCCN1C(=O)/C(=C\c2cc(Br)c(OCc3cc(C)c(C)cc3C)c(OCC)c2)SC1=S. The van der Waals surface area contributed by atoms with Crippen molar-refractivity contribution >= 4 is 62.2 Å². The van der Waals surface area contributed by atoms with Crippen molar-refractivity contribution in [2.75, 3.05) is 19.8 Å². The molecule has 1 saturated heterocycles. The van der Waals surface area contributed by atoms with Gasteiger partial charge in [-0.1, -0.05) is 43.0 Å². The van der Waals surface area contributed by atoms with Crippen molar-refractivity contribution in [2.45, 2.75) is 60.5 Å². The minimum atomic E-state index is -0.254. The Morgan fingerprint density at radius 3 is 2.53 bits per heavy atom. The summed E-state index contributed by atoms with van der Waals surface area (Å²) in [6.45, 7) is 11.8. The zero-order valence-corrected chi connectivity index (χ0v) is 25.7. The number of hydrogen-bond donors (Lipinski definition) is 0. The maximum Gasteiger partial charge on any atom is 0.305 e. The smallest absolute Gasteiger partial charge is 0.305 e. The topological polar surface area (TPSA) is 65.1 Å². The lowest BCUT2D eigenvalue weighted by Gasteiger charge is -2.16. The van der Waals surface area contributed by atoms with Crippen LogP contribution in [0.5, 0.6) is 11.5 Å². The summed E-state index contributed by atoms with van der Waals surface area (Å²) in [5, 5.41) is 0. The third-order valence-electron chi connectivity index (χ3n) is 6.06. The number of rotatable bonds is 12. The Kier molecular flexibility index (Phi) is 11.2. The van der Waals surface area contributed by atoms with E-state index in [1.54, 1.807) is 11.0 Å². The fourth-order valence-corrected chi connectivity index (χ4v) is 5.80.